The van der Waals surface area contributed by atoms with Crippen LogP contribution in [0.2, 0.25) is 0 Å². The summed E-state index contributed by atoms with van der Waals surface area (Å²) in [6.45, 7) is -0.244. The van der Waals surface area contributed by atoms with Gasteiger partial charge in [-0.05, 0) is 10.4 Å². The first-order chi connectivity index (χ1) is 8.28. The molecule has 1 aromatic carbocycles. The molecule has 0 saturated carbocycles. The van der Waals surface area contributed by atoms with E-state index in [-0.39, 0.29) is 6.61 Å². The summed E-state index contributed by atoms with van der Waals surface area (Å²) in [4.78, 5) is 0. The zero-order chi connectivity index (χ0) is 12.3. The number of tetrazole rings is 1. The Hall–Kier alpha value is -2.15. The predicted octanol–water partition coefficient (Wildman–Crippen LogP) is 0.172. The van der Waals surface area contributed by atoms with Crippen LogP contribution in [0.1, 0.15) is 5.82 Å². The van der Waals surface area contributed by atoms with E-state index < -0.39 is 0 Å². The van der Waals surface area contributed by atoms with Gasteiger partial charge in [-0.3, -0.25) is 0 Å². The minimum Gasteiger partial charge on any atom is -0.497 e. The van der Waals surface area contributed by atoms with Gasteiger partial charge in [0.25, 0.3) is 0 Å². The molecule has 17 heavy (non-hydrogen) atoms. The summed E-state index contributed by atoms with van der Waals surface area (Å²) in [5.41, 5.74) is 0.662. The van der Waals surface area contributed by atoms with E-state index in [2.05, 4.69) is 15.5 Å². The molecule has 7 nitrogen and oxygen atoms in total. The molecule has 1 heterocycles. The SMILES string of the molecule is COc1cc(OC)cc(-n2nnnc2CO)c1. The highest BCUT2D eigenvalue weighted by atomic mass is 16.5. The van der Waals surface area contributed by atoms with Crippen molar-refractivity contribution in [2.45, 2.75) is 6.61 Å². The Labute approximate surface area is 97.6 Å². The Bertz CT molecular complexity index is 490. The highest BCUT2D eigenvalue weighted by Crippen LogP contribution is 2.24. The van der Waals surface area contributed by atoms with Gasteiger partial charge in [0.05, 0.1) is 19.9 Å². The number of rotatable bonds is 4. The van der Waals surface area contributed by atoms with Gasteiger partial charge in [-0.15, -0.1) is 5.10 Å². The summed E-state index contributed by atoms with van der Waals surface area (Å²) in [5, 5.41) is 20.1. The molecule has 0 saturated heterocycles. The maximum atomic E-state index is 9.10. The van der Waals surface area contributed by atoms with Gasteiger partial charge in [0, 0.05) is 18.2 Å². The fourth-order valence-electron chi connectivity index (χ4n) is 1.42. The molecule has 7 heteroatoms. The van der Waals surface area contributed by atoms with E-state index in [9.17, 15) is 0 Å². The fourth-order valence-corrected chi connectivity index (χ4v) is 1.42. The number of nitrogens with zero attached hydrogens (tertiary/aromatic N) is 4. The molecule has 0 aliphatic rings. The van der Waals surface area contributed by atoms with Crippen molar-refractivity contribution in [2.24, 2.45) is 0 Å². The number of aromatic nitrogens is 4. The summed E-state index contributed by atoms with van der Waals surface area (Å²) < 4.78 is 11.7. The lowest BCUT2D eigenvalue weighted by Gasteiger charge is -2.08. The lowest BCUT2D eigenvalue weighted by atomic mass is 10.2. The van der Waals surface area contributed by atoms with Gasteiger partial charge < -0.3 is 14.6 Å². The summed E-state index contributed by atoms with van der Waals surface area (Å²) in [6, 6.07) is 5.24. The average molecular weight is 236 g/mol. The van der Waals surface area contributed by atoms with Gasteiger partial charge in [0.1, 0.15) is 18.1 Å². The van der Waals surface area contributed by atoms with Crippen LogP contribution in [0.5, 0.6) is 11.5 Å². The highest BCUT2D eigenvalue weighted by Gasteiger charge is 2.09. The molecule has 0 amide bonds. The second kappa shape index (κ2) is 4.79. The Kier molecular flexibility index (Phi) is 3.20. The van der Waals surface area contributed by atoms with Crippen molar-refractivity contribution < 1.29 is 14.6 Å². The van der Waals surface area contributed by atoms with Gasteiger partial charge in [-0.1, -0.05) is 0 Å². The zero-order valence-corrected chi connectivity index (χ0v) is 9.49. The molecule has 0 spiro atoms. The molecule has 0 fully saturated rings. The monoisotopic (exact) mass is 236 g/mol. The molecule has 2 rings (SSSR count). The van der Waals surface area contributed by atoms with E-state index in [0.717, 1.165) is 0 Å². The van der Waals surface area contributed by atoms with Crippen LogP contribution in [-0.4, -0.2) is 39.5 Å². The van der Waals surface area contributed by atoms with Gasteiger partial charge in [-0.2, -0.15) is 4.68 Å². The van der Waals surface area contributed by atoms with Gasteiger partial charge in [0.2, 0.25) is 0 Å². The number of aliphatic hydroxyl groups is 1. The maximum absolute atomic E-state index is 9.10. The minimum absolute atomic E-state index is 0.244. The molecular weight excluding hydrogens is 224 g/mol. The molecule has 0 aliphatic carbocycles. The lowest BCUT2D eigenvalue weighted by Crippen LogP contribution is -2.03. The van der Waals surface area contributed by atoms with Crippen LogP contribution in [0.25, 0.3) is 5.69 Å². The van der Waals surface area contributed by atoms with Gasteiger partial charge in [-0.25, -0.2) is 0 Å². The maximum Gasteiger partial charge on any atom is 0.182 e. The third kappa shape index (κ3) is 2.18. The normalized spacial score (nSPS) is 10.3. The molecule has 2 aromatic rings. The zero-order valence-electron chi connectivity index (χ0n) is 9.49. The van der Waals surface area contributed by atoms with Gasteiger partial charge >= 0.3 is 0 Å². The fraction of sp³-hybridized carbons (Fsp3) is 0.300. The first kappa shape index (κ1) is 11.3. The topological polar surface area (TPSA) is 82.3 Å². The average Bonchev–Trinajstić information content (AvgIpc) is 2.86. The molecule has 0 bridgehead atoms. The van der Waals surface area contributed by atoms with Crippen LogP contribution in [0.3, 0.4) is 0 Å². The Morgan fingerprint density at radius 2 is 1.82 bits per heavy atom. The van der Waals surface area contributed by atoms with E-state index in [1.807, 2.05) is 0 Å². The summed E-state index contributed by atoms with van der Waals surface area (Å²) >= 11 is 0. The number of ether oxygens (including phenoxy) is 2. The largest absolute Gasteiger partial charge is 0.497 e. The second-order valence-electron chi connectivity index (χ2n) is 3.24. The predicted molar refractivity (Wildman–Crippen MR) is 58.2 cm³/mol. The number of aliphatic hydroxyl groups excluding tert-OH is 1. The van der Waals surface area contributed by atoms with E-state index in [1.165, 1.54) is 4.68 Å². The van der Waals surface area contributed by atoms with E-state index in [4.69, 9.17) is 14.6 Å². The standard InChI is InChI=1S/C10H12N4O3/c1-16-8-3-7(4-9(5-8)17-2)14-10(6-15)11-12-13-14/h3-5,15H,6H2,1-2H3. The van der Waals surface area contributed by atoms with Crippen LogP contribution in [0.15, 0.2) is 18.2 Å². The quantitative estimate of drug-likeness (QED) is 0.815. The Morgan fingerprint density at radius 1 is 1.18 bits per heavy atom. The van der Waals surface area contributed by atoms with Crippen LogP contribution in [-0.2, 0) is 6.61 Å². The van der Waals surface area contributed by atoms with Crippen LogP contribution >= 0.6 is 0 Å². The van der Waals surface area contributed by atoms with Gasteiger partial charge in [0.15, 0.2) is 5.82 Å². The highest BCUT2D eigenvalue weighted by molar-refractivity contribution is 5.46. The smallest absolute Gasteiger partial charge is 0.182 e. The molecule has 1 N–H and O–H groups in total. The van der Waals surface area contributed by atoms with Crippen molar-refractivity contribution in [3.8, 4) is 17.2 Å². The van der Waals surface area contributed by atoms with Crippen molar-refractivity contribution >= 4 is 0 Å². The summed E-state index contributed by atoms with van der Waals surface area (Å²) in [6.07, 6.45) is 0. The molecule has 0 radical (unpaired) electrons. The van der Waals surface area contributed by atoms with E-state index in [0.29, 0.717) is 23.0 Å². The second-order valence-corrected chi connectivity index (χ2v) is 3.24. The van der Waals surface area contributed by atoms with Crippen molar-refractivity contribution in [3.05, 3.63) is 24.0 Å². The Morgan fingerprint density at radius 3 is 2.35 bits per heavy atom. The first-order valence-corrected chi connectivity index (χ1v) is 4.90. The van der Waals surface area contributed by atoms with E-state index >= 15 is 0 Å². The van der Waals surface area contributed by atoms with Crippen LogP contribution in [0, 0.1) is 0 Å². The van der Waals surface area contributed by atoms with Crippen LogP contribution in [0.4, 0.5) is 0 Å². The van der Waals surface area contributed by atoms with Crippen LogP contribution < -0.4 is 9.47 Å². The van der Waals surface area contributed by atoms with Crippen molar-refractivity contribution in [1.29, 1.82) is 0 Å². The van der Waals surface area contributed by atoms with E-state index in [1.54, 1.807) is 32.4 Å². The summed E-state index contributed by atoms with van der Waals surface area (Å²) in [5.74, 6) is 1.60. The third-order valence-corrected chi connectivity index (χ3v) is 2.26. The van der Waals surface area contributed by atoms with Crippen molar-refractivity contribution in [1.82, 2.24) is 20.2 Å². The molecule has 0 unspecified atom stereocenters. The third-order valence-electron chi connectivity index (χ3n) is 2.26. The number of methoxy groups -OCH3 is 2. The number of hydrogen-bond acceptors (Lipinski definition) is 6. The van der Waals surface area contributed by atoms with Crippen molar-refractivity contribution in [2.75, 3.05) is 14.2 Å². The van der Waals surface area contributed by atoms with Crippen molar-refractivity contribution in [3.63, 3.8) is 0 Å². The number of benzene rings is 1. The first-order valence-electron chi connectivity index (χ1n) is 4.90. The number of hydrogen-bond donors (Lipinski definition) is 1. The molecule has 1 aromatic heterocycles. The minimum atomic E-state index is -0.244. The molecule has 0 atom stereocenters. The lowest BCUT2D eigenvalue weighted by molar-refractivity contribution is 0.268. The molecular formula is C10H12N4O3. The molecule has 90 valence electrons. The molecule has 0 aliphatic heterocycles. The summed E-state index contributed by atoms with van der Waals surface area (Å²) in [7, 11) is 3.12. The Balaban J connectivity index is 2.51.